The van der Waals surface area contributed by atoms with Crippen LogP contribution in [0.1, 0.15) is 5.56 Å². The van der Waals surface area contributed by atoms with Gasteiger partial charge < -0.3 is 4.74 Å². The van der Waals surface area contributed by atoms with E-state index >= 15 is 0 Å². The van der Waals surface area contributed by atoms with Gasteiger partial charge >= 0.3 is 0 Å². The van der Waals surface area contributed by atoms with Crippen molar-refractivity contribution >= 4 is 10.0 Å². The zero-order chi connectivity index (χ0) is 10.2. The van der Waals surface area contributed by atoms with Crippen LogP contribution in [0, 0.1) is 0 Å². The predicted molar refractivity (Wildman–Crippen MR) is 51.9 cm³/mol. The minimum Gasteiger partial charge on any atom is -0.493 e. The number of sulfonamides is 1. The molecule has 1 aromatic rings. The van der Waals surface area contributed by atoms with E-state index in [-0.39, 0.29) is 0 Å². The Morgan fingerprint density at radius 2 is 2.21 bits per heavy atom. The van der Waals surface area contributed by atoms with Gasteiger partial charge in [-0.25, -0.2) is 13.1 Å². The van der Waals surface area contributed by atoms with Crippen molar-refractivity contribution in [3.63, 3.8) is 0 Å². The average molecular weight is 213 g/mol. The van der Waals surface area contributed by atoms with E-state index in [2.05, 4.69) is 4.72 Å². The fraction of sp³-hybridized carbons (Fsp3) is 0.333. The summed E-state index contributed by atoms with van der Waals surface area (Å²) in [6.45, 7) is 0.637. The van der Waals surface area contributed by atoms with Crippen molar-refractivity contribution in [1.29, 1.82) is 0 Å². The number of fused-ring (bicyclic) bond motifs is 1. The maximum absolute atomic E-state index is 11.4. The van der Waals surface area contributed by atoms with Crippen molar-refractivity contribution in [3.8, 4) is 5.75 Å². The lowest BCUT2D eigenvalue weighted by atomic mass is 10.2. The van der Waals surface area contributed by atoms with Crippen LogP contribution in [-0.2, 0) is 16.4 Å². The monoisotopic (exact) mass is 213 g/mol. The SMILES string of the molecule is CNS(=O)(=O)c1ccc2c(c1)CCO2. The zero-order valence-electron chi connectivity index (χ0n) is 7.78. The molecule has 1 N–H and O–H groups in total. The van der Waals surface area contributed by atoms with Gasteiger partial charge in [0.1, 0.15) is 5.75 Å². The van der Waals surface area contributed by atoms with E-state index in [0.29, 0.717) is 11.5 Å². The largest absolute Gasteiger partial charge is 0.493 e. The predicted octanol–water partition coefficient (Wildman–Crippen LogP) is 0.530. The summed E-state index contributed by atoms with van der Waals surface area (Å²) in [7, 11) is -1.92. The molecular weight excluding hydrogens is 202 g/mol. The van der Waals surface area contributed by atoms with Gasteiger partial charge in [0.25, 0.3) is 0 Å². The van der Waals surface area contributed by atoms with Gasteiger partial charge in [-0.05, 0) is 30.8 Å². The number of hydrogen-bond donors (Lipinski definition) is 1. The second kappa shape index (κ2) is 3.25. The Labute approximate surface area is 82.9 Å². The second-order valence-corrected chi connectivity index (χ2v) is 4.96. The highest BCUT2D eigenvalue weighted by Gasteiger charge is 2.17. The summed E-state index contributed by atoms with van der Waals surface area (Å²) >= 11 is 0. The van der Waals surface area contributed by atoms with Crippen molar-refractivity contribution in [2.45, 2.75) is 11.3 Å². The van der Waals surface area contributed by atoms with E-state index < -0.39 is 10.0 Å². The summed E-state index contributed by atoms with van der Waals surface area (Å²) < 4.78 is 30.5. The first-order chi connectivity index (χ1) is 6.63. The van der Waals surface area contributed by atoms with Crippen LogP contribution < -0.4 is 9.46 Å². The Bertz CT molecular complexity index is 453. The number of benzene rings is 1. The molecule has 1 aliphatic rings. The summed E-state index contributed by atoms with van der Waals surface area (Å²) in [5.41, 5.74) is 0.960. The molecule has 1 aromatic carbocycles. The minimum absolute atomic E-state index is 0.296. The second-order valence-electron chi connectivity index (χ2n) is 3.08. The highest BCUT2D eigenvalue weighted by atomic mass is 32.2. The summed E-state index contributed by atoms with van der Waals surface area (Å²) in [5.74, 6) is 0.792. The van der Waals surface area contributed by atoms with Crippen LogP contribution in [0.2, 0.25) is 0 Å². The van der Waals surface area contributed by atoms with Crippen LogP contribution in [0.15, 0.2) is 23.1 Å². The van der Waals surface area contributed by atoms with Crippen molar-refractivity contribution in [1.82, 2.24) is 4.72 Å². The normalized spacial score (nSPS) is 14.9. The topological polar surface area (TPSA) is 55.4 Å². The molecule has 0 spiro atoms. The molecule has 5 heteroatoms. The highest BCUT2D eigenvalue weighted by Crippen LogP contribution is 2.27. The third kappa shape index (κ3) is 1.49. The van der Waals surface area contributed by atoms with Crippen molar-refractivity contribution in [2.24, 2.45) is 0 Å². The minimum atomic E-state index is -3.33. The Morgan fingerprint density at radius 3 is 2.93 bits per heavy atom. The maximum Gasteiger partial charge on any atom is 0.240 e. The molecule has 0 saturated heterocycles. The number of hydrogen-bond acceptors (Lipinski definition) is 3. The average Bonchev–Trinajstić information content (AvgIpc) is 2.64. The van der Waals surface area contributed by atoms with Crippen LogP contribution in [0.25, 0.3) is 0 Å². The molecule has 0 saturated carbocycles. The molecule has 2 rings (SSSR count). The van der Waals surface area contributed by atoms with Gasteiger partial charge in [-0.2, -0.15) is 0 Å². The summed E-state index contributed by atoms with van der Waals surface area (Å²) in [6.07, 6.45) is 0.780. The van der Waals surface area contributed by atoms with Crippen molar-refractivity contribution in [3.05, 3.63) is 23.8 Å². The quantitative estimate of drug-likeness (QED) is 0.779. The highest BCUT2D eigenvalue weighted by molar-refractivity contribution is 7.89. The lowest BCUT2D eigenvalue weighted by Gasteiger charge is -2.04. The van der Waals surface area contributed by atoms with E-state index in [1.165, 1.54) is 7.05 Å². The summed E-state index contributed by atoms with van der Waals surface area (Å²) in [6, 6.07) is 4.91. The Kier molecular flexibility index (Phi) is 2.20. The first-order valence-corrected chi connectivity index (χ1v) is 5.81. The van der Waals surface area contributed by atoms with E-state index in [4.69, 9.17) is 4.74 Å². The fourth-order valence-electron chi connectivity index (χ4n) is 1.45. The van der Waals surface area contributed by atoms with Crippen molar-refractivity contribution < 1.29 is 13.2 Å². The van der Waals surface area contributed by atoms with E-state index in [9.17, 15) is 8.42 Å². The van der Waals surface area contributed by atoms with Crippen molar-refractivity contribution in [2.75, 3.05) is 13.7 Å². The van der Waals surface area contributed by atoms with Gasteiger partial charge in [-0.1, -0.05) is 0 Å². The zero-order valence-corrected chi connectivity index (χ0v) is 8.60. The van der Waals surface area contributed by atoms with Crippen LogP contribution in [0.3, 0.4) is 0 Å². The fourth-order valence-corrected chi connectivity index (χ4v) is 2.23. The Hall–Kier alpha value is -1.07. The molecule has 0 fully saturated rings. The Morgan fingerprint density at radius 1 is 1.43 bits per heavy atom. The third-order valence-corrected chi connectivity index (χ3v) is 3.65. The smallest absolute Gasteiger partial charge is 0.240 e. The lowest BCUT2D eigenvalue weighted by Crippen LogP contribution is -2.18. The van der Waals surface area contributed by atoms with Gasteiger partial charge in [-0.15, -0.1) is 0 Å². The van der Waals surface area contributed by atoms with Gasteiger partial charge in [0.05, 0.1) is 11.5 Å². The third-order valence-electron chi connectivity index (χ3n) is 2.24. The molecule has 0 aliphatic carbocycles. The van der Waals surface area contributed by atoms with Gasteiger partial charge in [0.15, 0.2) is 0 Å². The maximum atomic E-state index is 11.4. The van der Waals surface area contributed by atoms with E-state index in [0.717, 1.165) is 17.7 Å². The van der Waals surface area contributed by atoms with Gasteiger partial charge in [0, 0.05) is 6.42 Å². The molecule has 0 radical (unpaired) electrons. The molecule has 0 bridgehead atoms. The van der Waals surface area contributed by atoms with Crippen LogP contribution in [0.4, 0.5) is 0 Å². The number of ether oxygens (including phenoxy) is 1. The number of rotatable bonds is 2. The van der Waals surface area contributed by atoms with Crippen LogP contribution in [-0.4, -0.2) is 22.1 Å². The Balaban J connectivity index is 2.48. The van der Waals surface area contributed by atoms with Gasteiger partial charge in [-0.3, -0.25) is 0 Å². The summed E-state index contributed by atoms with van der Waals surface area (Å²) in [5, 5.41) is 0. The molecule has 0 atom stereocenters. The molecule has 1 heterocycles. The molecule has 0 amide bonds. The molecule has 0 aromatic heterocycles. The lowest BCUT2D eigenvalue weighted by molar-refractivity contribution is 0.356. The van der Waals surface area contributed by atoms with Gasteiger partial charge in [0.2, 0.25) is 10.0 Å². The van der Waals surface area contributed by atoms with E-state index in [1.54, 1.807) is 18.2 Å². The van der Waals surface area contributed by atoms with E-state index in [1.807, 2.05) is 0 Å². The molecule has 0 unspecified atom stereocenters. The first kappa shape index (κ1) is 9.48. The molecule has 1 aliphatic heterocycles. The van der Waals surface area contributed by atoms with Crippen LogP contribution in [0.5, 0.6) is 5.75 Å². The molecule has 76 valence electrons. The summed E-state index contributed by atoms with van der Waals surface area (Å²) in [4.78, 5) is 0.296. The first-order valence-electron chi connectivity index (χ1n) is 4.33. The molecule has 4 nitrogen and oxygen atoms in total. The standard InChI is InChI=1S/C9H11NO3S/c1-10-14(11,12)8-2-3-9-7(6-8)4-5-13-9/h2-3,6,10H,4-5H2,1H3. The molecular formula is C9H11NO3S. The van der Waals surface area contributed by atoms with Crippen LogP contribution >= 0.6 is 0 Å². The molecule has 14 heavy (non-hydrogen) atoms. The number of nitrogens with one attached hydrogen (secondary N) is 1.